The van der Waals surface area contributed by atoms with E-state index in [9.17, 15) is 4.79 Å². The molecule has 2 aromatic heterocycles. The van der Waals surface area contributed by atoms with Crippen molar-refractivity contribution < 1.29 is 9.32 Å². The van der Waals surface area contributed by atoms with Gasteiger partial charge in [0.15, 0.2) is 5.82 Å². The summed E-state index contributed by atoms with van der Waals surface area (Å²) in [7, 11) is 1.80. The van der Waals surface area contributed by atoms with Crippen LogP contribution in [-0.2, 0) is 17.6 Å². The summed E-state index contributed by atoms with van der Waals surface area (Å²) in [5.74, 6) is 1.23. The summed E-state index contributed by atoms with van der Waals surface area (Å²) >= 11 is 1.60. The van der Waals surface area contributed by atoms with Gasteiger partial charge in [-0.15, -0.1) is 11.3 Å². The highest BCUT2D eigenvalue weighted by Crippen LogP contribution is 2.18. The maximum Gasteiger partial charge on any atom is 0.257 e. The number of thiophene rings is 1. The van der Waals surface area contributed by atoms with Gasteiger partial charge in [-0.25, -0.2) is 0 Å². The van der Waals surface area contributed by atoms with Crippen molar-refractivity contribution in [2.75, 3.05) is 13.6 Å². The van der Waals surface area contributed by atoms with E-state index < -0.39 is 0 Å². The first-order chi connectivity index (χ1) is 11.6. The van der Waals surface area contributed by atoms with Gasteiger partial charge >= 0.3 is 0 Å². The fourth-order valence-corrected chi connectivity index (χ4v) is 3.04. The van der Waals surface area contributed by atoms with Crippen molar-refractivity contribution in [2.45, 2.75) is 19.8 Å². The van der Waals surface area contributed by atoms with Crippen LogP contribution in [0.5, 0.6) is 0 Å². The number of hydrogen-bond donors (Lipinski definition) is 0. The average Bonchev–Trinajstić information content (AvgIpc) is 3.24. The van der Waals surface area contributed by atoms with Gasteiger partial charge in [0.1, 0.15) is 0 Å². The van der Waals surface area contributed by atoms with Crippen LogP contribution in [0.25, 0.3) is 11.5 Å². The molecule has 1 aromatic carbocycles. The molecule has 0 atom stereocenters. The normalized spacial score (nSPS) is 10.8. The number of hydrogen-bond acceptors (Lipinski definition) is 5. The second kappa shape index (κ2) is 7.40. The van der Waals surface area contributed by atoms with E-state index in [-0.39, 0.29) is 5.91 Å². The first kappa shape index (κ1) is 16.4. The average molecular weight is 341 g/mol. The van der Waals surface area contributed by atoms with E-state index in [2.05, 4.69) is 10.1 Å². The maximum atomic E-state index is 12.2. The highest BCUT2D eigenvalue weighted by atomic mass is 32.1. The predicted octanol–water partition coefficient (Wildman–Crippen LogP) is 3.35. The number of benzene rings is 1. The Morgan fingerprint density at radius 1 is 1.29 bits per heavy atom. The largest absolute Gasteiger partial charge is 0.345 e. The molecule has 0 bridgehead atoms. The second-order valence-corrected chi connectivity index (χ2v) is 6.74. The highest BCUT2D eigenvalue weighted by Gasteiger charge is 2.13. The molecule has 0 unspecified atom stereocenters. The van der Waals surface area contributed by atoms with Crippen LogP contribution in [0.2, 0.25) is 0 Å². The lowest BCUT2D eigenvalue weighted by Crippen LogP contribution is -2.30. The molecule has 0 spiro atoms. The quantitative estimate of drug-likeness (QED) is 0.690. The van der Waals surface area contributed by atoms with Gasteiger partial charge in [-0.3, -0.25) is 4.79 Å². The molecule has 124 valence electrons. The Kier molecular flexibility index (Phi) is 5.05. The van der Waals surface area contributed by atoms with E-state index >= 15 is 0 Å². The standard InChI is InChI=1S/C18H19N3O2S/c1-13-5-3-6-14(11-13)18-19-16(20-23-18)8-9-21(2)17(22)12-15-7-4-10-24-15/h3-7,10-11H,8-9,12H2,1-2H3. The van der Waals surface area contributed by atoms with Gasteiger partial charge < -0.3 is 9.42 Å². The van der Waals surface area contributed by atoms with Gasteiger partial charge in [0.25, 0.3) is 5.89 Å². The molecule has 0 saturated heterocycles. The molecule has 1 amide bonds. The molecule has 6 heteroatoms. The summed E-state index contributed by atoms with van der Waals surface area (Å²) in [6.45, 7) is 2.59. The summed E-state index contributed by atoms with van der Waals surface area (Å²) in [5.41, 5.74) is 2.06. The van der Waals surface area contributed by atoms with Gasteiger partial charge in [0.05, 0.1) is 6.42 Å². The number of carbonyl (C=O) groups is 1. The fraction of sp³-hybridized carbons (Fsp3) is 0.278. The third-order valence-corrected chi connectivity index (χ3v) is 4.61. The summed E-state index contributed by atoms with van der Waals surface area (Å²) in [6, 6.07) is 11.9. The second-order valence-electron chi connectivity index (χ2n) is 5.71. The number of aryl methyl sites for hydroxylation is 1. The zero-order valence-electron chi connectivity index (χ0n) is 13.7. The molecule has 0 aliphatic rings. The first-order valence-electron chi connectivity index (χ1n) is 7.78. The van der Waals surface area contributed by atoms with Crippen LogP contribution in [0.4, 0.5) is 0 Å². The molecule has 0 fully saturated rings. The van der Waals surface area contributed by atoms with Crippen LogP contribution < -0.4 is 0 Å². The lowest BCUT2D eigenvalue weighted by molar-refractivity contribution is -0.129. The molecule has 0 N–H and O–H groups in total. The van der Waals surface area contributed by atoms with Crippen molar-refractivity contribution in [2.24, 2.45) is 0 Å². The monoisotopic (exact) mass is 341 g/mol. The molecule has 0 radical (unpaired) electrons. The number of amides is 1. The van der Waals surface area contributed by atoms with Crippen LogP contribution in [0.15, 0.2) is 46.3 Å². The maximum absolute atomic E-state index is 12.2. The van der Waals surface area contributed by atoms with Crippen molar-refractivity contribution in [1.82, 2.24) is 15.0 Å². The first-order valence-corrected chi connectivity index (χ1v) is 8.66. The van der Waals surface area contributed by atoms with E-state index in [1.165, 1.54) is 0 Å². The Labute approximate surface area is 144 Å². The zero-order valence-corrected chi connectivity index (χ0v) is 14.5. The third-order valence-electron chi connectivity index (χ3n) is 3.74. The molecule has 3 aromatic rings. The van der Waals surface area contributed by atoms with E-state index in [0.717, 1.165) is 16.0 Å². The third kappa shape index (κ3) is 4.08. The SMILES string of the molecule is Cc1cccc(-c2nc(CCN(C)C(=O)Cc3cccs3)no2)c1. The summed E-state index contributed by atoms with van der Waals surface area (Å²) in [4.78, 5) is 19.4. The Bertz CT molecular complexity index is 811. The Morgan fingerprint density at radius 2 is 2.17 bits per heavy atom. The van der Waals surface area contributed by atoms with Crippen LogP contribution in [0.1, 0.15) is 16.3 Å². The van der Waals surface area contributed by atoms with E-state index in [4.69, 9.17) is 4.52 Å². The lowest BCUT2D eigenvalue weighted by atomic mass is 10.1. The minimum Gasteiger partial charge on any atom is -0.345 e. The predicted molar refractivity (Wildman–Crippen MR) is 93.8 cm³/mol. The summed E-state index contributed by atoms with van der Waals surface area (Å²) in [6.07, 6.45) is 1.01. The van der Waals surface area contributed by atoms with Crippen molar-refractivity contribution in [3.63, 3.8) is 0 Å². The van der Waals surface area contributed by atoms with Gasteiger partial charge in [0, 0.05) is 30.5 Å². The molecular weight excluding hydrogens is 322 g/mol. The molecular formula is C18H19N3O2S. The van der Waals surface area contributed by atoms with Gasteiger partial charge in [-0.1, -0.05) is 28.9 Å². The minimum atomic E-state index is 0.0971. The zero-order chi connectivity index (χ0) is 16.9. The van der Waals surface area contributed by atoms with Crippen molar-refractivity contribution in [1.29, 1.82) is 0 Å². The van der Waals surface area contributed by atoms with E-state index in [1.807, 2.05) is 48.7 Å². The Morgan fingerprint density at radius 3 is 2.92 bits per heavy atom. The molecule has 2 heterocycles. The summed E-state index contributed by atoms with van der Waals surface area (Å²) in [5, 5.41) is 5.99. The van der Waals surface area contributed by atoms with Gasteiger partial charge in [0.2, 0.25) is 5.91 Å². The molecule has 5 nitrogen and oxygen atoms in total. The fourth-order valence-electron chi connectivity index (χ4n) is 2.34. The number of rotatable bonds is 6. The molecule has 0 aliphatic carbocycles. The number of carbonyl (C=O) groups excluding carboxylic acids is 1. The highest BCUT2D eigenvalue weighted by molar-refractivity contribution is 7.10. The van der Waals surface area contributed by atoms with Gasteiger partial charge in [-0.05, 0) is 30.5 Å². The molecule has 0 aliphatic heterocycles. The van der Waals surface area contributed by atoms with E-state index in [0.29, 0.717) is 31.1 Å². The topological polar surface area (TPSA) is 59.2 Å². The Hall–Kier alpha value is -2.47. The number of nitrogens with zero attached hydrogens (tertiary/aromatic N) is 3. The van der Waals surface area contributed by atoms with Crippen LogP contribution in [-0.4, -0.2) is 34.5 Å². The van der Waals surface area contributed by atoms with Crippen molar-refractivity contribution in [3.8, 4) is 11.5 Å². The Balaban J connectivity index is 1.56. The lowest BCUT2D eigenvalue weighted by Gasteiger charge is -2.15. The number of aromatic nitrogens is 2. The van der Waals surface area contributed by atoms with Crippen molar-refractivity contribution >= 4 is 17.2 Å². The van der Waals surface area contributed by atoms with Crippen molar-refractivity contribution in [3.05, 3.63) is 58.0 Å². The molecule has 3 rings (SSSR count). The summed E-state index contributed by atoms with van der Waals surface area (Å²) < 4.78 is 5.32. The number of likely N-dealkylation sites (N-methyl/N-ethyl adjacent to an activating group) is 1. The minimum absolute atomic E-state index is 0.0971. The molecule has 24 heavy (non-hydrogen) atoms. The van der Waals surface area contributed by atoms with Gasteiger partial charge in [-0.2, -0.15) is 4.98 Å². The smallest absolute Gasteiger partial charge is 0.257 e. The van der Waals surface area contributed by atoms with E-state index in [1.54, 1.807) is 23.3 Å². The van der Waals surface area contributed by atoms with Crippen LogP contribution in [0, 0.1) is 6.92 Å². The van der Waals surface area contributed by atoms with Crippen LogP contribution in [0.3, 0.4) is 0 Å². The molecule has 0 saturated carbocycles. The van der Waals surface area contributed by atoms with Crippen LogP contribution >= 0.6 is 11.3 Å².